The van der Waals surface area contributed by atoms with Gasteiger partial charge in [0.2, 0.25) is 0 Å². The number of hydrogen-bond acceptors (Lipinski definition) is 2. The molecule has 0 atom stereocenters. The average molecular weight is 579 g/mol. The maximum absolute atomic E-state index is 5.49. The van der Waals surface area contributed by atoms with Gasteiger partial charge in [-0.15, -0.1) is 11.3 Å². The fourth-order valence-corrected chi connectivity index (χ4v) is 7.48. The van der Waals surface area contributed by atoms with Crippen LogP contribution in [-0.2, 0) is 0 Å². The molecule has 0 bridgehead atoms. The van der Waals surface area contributed by atoms with Crippen LogP contribution in [0.25, 0.3) is 81.9 Å². The van der Waals surface area contributed by atoms with E-state index in [1.165, 1.54) is 48.3 Å². The Morgan fingerprint density at radius 1 is 0.477 bits per heavy atom. The number of benzene rings is 6. The molecule has 0 N–H and O–H groups in total. The minimum Gasteiger partial charge on any atom is -0.230 e. The van der Waals surface area contributed by atoms with Gasteiger partial charge in [0, 0.05) is 16.5 Å². The van der Waals surface area contributed by atoms with Gasteiger partial charge < -0.3 is 0 Å². The number of hydrogen-bond donors (Lipinski definition) is 0. The molecule has 0 aliphatic heterocycles. The molecule has 0 radical (unpaired) electrons. The topological polar surface area (TPSA) is 17.3 Å². The molecule has 3 heterocycles. The first kappa shape index (κ1) is 25.0. The summed E-state index contributed by atoms with van der Waals surface area (Å²) in [5.74, 6) is 0. The summed E-state index contributed by atoms with van der Waals surface area (Å²) in [6.07, 6.45) is 0. The largest absolute Gasteiger partial charge is 0.230 e. The molecule has 9 rings (SSSR count). The molecular formula is C41H26N2S. The smallest absolute Gasteiger partial charge is 0.102 e. The number of pyridine rings is 1. The second-order valence-electron chi connectivity index (χ2n) is 11.2. The summed E-state index contributed by atoms with van der Waals surface area (Å²) in [5, 5.41) is 15.0. The van der Waals surface area contributed by atoms with Crippen LogP contribution in [0.3, 0.4) is 0 Å². The van der Waals surface area contributed by atoms with E-state index in [1.807, 2.05) is 0 Å². The van der Waals surface area contributed by atoms with Gasteiger partial charge in [-0.1, -0.05) is 140 Å². The second kappa shape index (κ2) is 10.0. The van der Waals surface area contributed by atoms with E-state index < -0.39 is 0 Å². The fourth-order valence-electron chi connectivity index (χ4n) is 6.76. The highest BCUT2D eigenvalue weighted by atomic mass is 32.1. The van der Waals surface area contributed by atoms with Crippen LogP contribution in [0.2, 0.25) is 0 Å². The summed E-state index contributed by atoms with van der Waals surface area (Å²) in [4.78, 5) is 1.20. The highest BCUT2D eigenvalue weighted by Crippen LogP contribution is 2.44. The highest BCUT2D eigenvalue weighted by Gasteiger charge is 2.23. The van der Waals surface area contributed by atoms with Gasteiger partial charge in [0.1, 0.15) is 5.69 Å². The lowest BCUT2D eigenvalue weighted by atomic mass is 9.89. The first-order valence-corrected chi connectivity index (χ1v) is 15.8. The molecular weight excluding hydrogens is 553 g/mol. The maximum Gasteiger partial charge on any atom is 0.102 e. The third kappa shape index (κ3) is 3.83. The molecule has 3 aromatic heterocycles. The lowest BCUT2D eigenvalue weighted by Gasteiger charge is -2.14. The molecule has 0 aliphatic rings. The van der Waals surface area contributed by atoms with Crippen molar-refractivity contribution in [3.63, 3.8) is 0 Å². The van der Waals surface area contributed by atoms with Crippen LogP contribution in [0.5, 0.6) is 0 Å². The lowest BCUT2D eigenvalue weighted by Crippen LogP contribution is -1.94. The molecule has 0 aliphatic carbocycles. The van der Waals surface area contributed by atoms with E-state index in [2.05, 4.69) is 162 Å². The van der Waals surface area contributed by atoms with Crippen molar-refractivity contribution in [1.82, 2.24) is 9.61 Å². The van der Waals surface area contributed by atoms with E-state index >= 15 is 0 Å². The SMILES string of the molecule is c1ccc(-c2c(-c3ccc(-c4cccc5ccccc45)c4ccccc34)nn3c(-c4cccs4)cc4ccccc4c23)cc1. The first-order chi connectivity index (χ1) is 21.8. The number of aromatic nitrogens is 2. The van der Waals surface area contributed by atoms with E-state index in [0.717, 1.165) is 33.6 Å². The molecule has 44 heavy (non-hydrogen) atoms. The first-order valence-electron chi connectivity index (χ1n) is 14.9. The molecule has 0 saturated carbocycles. The van der Waals surface area contributed by atoms with Gasteiger partial charge in [0.25, 0.3) is 0 Å². The Hall–Kier alpha value is -5.51. The van der Waals surface area contributed by atoms with Crippen LogP contribution in [0.1, 0.15) is 0 Å². The van der Waals surface area contributed by atoms with Crippen molar-refractivity contribution >= 4 is 49.2 Å². The van der Waals surface area contributed by atoms with E-state index in [9.17, 15) is 0 Å². The zero-order valence-electron chi connectivity index (χ0n) is 23.8. The number of fused-ring (bicyclic) bond motifs is 5. The van der Waals surface area contributed by atoms with Crippen LogP contribution in [0, 0.1) is 0 Å². The van der Waals surface area contributed by atoms with Crippen molar-refractivity contribution in [2.75, 3.05) is 0 Å². The Kier molecular flexibility index (Phi) is 5.71. The fraction of sp³-hybridized carbons (Fsp3) is 0. The Morgan fingerprint density at radius 3 is 1.91 bits per heavy atom. The molecule has 3 heteroatoms. The van der Waals surface area contributed by atoms with Crippen molar-refractivity contribution in [3.8, 4) is 44.1 Å². The van der Waals surface area contributed by atoms with Crippen molar-refractivity contribution in [2.24, 2.45) is 0 Å². The van der Waals surface area contributed by atoms with Crippen LogP contribution in [0.15, 0.2) is 157 Å². The van der Waals surface area contributed by atoms with Gasteiger partial charge in [-0.2, -0.15) is 5.10 Å². The molecule has 2 nitrogen and oxygen atoms in total. The van der Waals surface area contributed by atoms with Crippen LogP contribution >= 0.6 is 11.3 Å². The maximum atomic E-state index is 5.49. The van der Waals surface area contributed by atoms with Gasteiger partial charge in [-0.25, -0.2) is 4.52 Å². The summed E-state index contributed by atoms with van der Waals surface area (Å²) in [7, 11) is 0. The Bertz CT molecular complexity index is 2480. The van der Waals surface area contributed by atoms with Crippen LogP contribution in [0.4, 0.5) is 0 Å². The van der Waals surface area contributed by atoms with Crippen molar-refractivity contribution in [2.45, 2.75) is 0 Å². The minimum absolute atomic E-state index is 0.992. The Balaban J connectivity index is 1.41. The molecule has 0 fully saturated rings. The van der Waals surface area contributed by atoms with Gasteiger partial charge >= 0.3 is 0 Å². The normalized spacial score (nSPS) is 11.6. The van der Waals surface area contributed by atoms with Gasteiger partial charge in [-0.3, -0.25) is 0 Å². The van der Waals surface area contributed by atoms with Crippen molar-refractivity contribution in [3.05, 3.63) is 157 Å². The Morgan fingerprint density at radius 2 is 1.11 bits per heavy atom. The molecule has 9 aromatic rings. The van der Waals surface area contributed by atoms with Crippen LogP contribution < -0.4 is 0 Å². The molecule has 0 unspecified atom stereocenters. The number of nitrogens with zero attached hydrogens (tertiary/aromatic N) is 2. The van der Waals surface area contributed by atoms with Crippen molar-refractivity contribution < 1.29 is 0 Å². The highest BCUT2D eigenvalue weighted by molar-refractivity contribution is 7.13. The third-order valence-corrected chi connectivity index (χ3v) is 9.61. The van der Waals surface area contributed by atoms with Crippen molar-refractivity contribution in [1.29, 1.82) is 0 Å². The van der Waals surface area contributed by atoms with Gasteiger partial charge in [0.15, 0.2) is 0 Å². The predicted octanol–water partition coefficient (Wildman–Crippen LogP) is 11.5. The summed E-state index contributed by atoms with van der Waals surface area (Å²) in [6.45, 7) is 0. The summed E-state index contributed by atoms with van der Waals surface area (Å²) in [5.41, 5.74) is 9.16. The van der Waals surface area contributed by atoms with Gasteiger partial charge in [0.05, 0.1) is 16.1 Å². The average Bonchev–Trinajstić information content (AvgIpc) is 3.77. The zero-order valence-corrected chi connectivity index (χ0v) is 24.6. The summed E-state index contributed by atoms with van der Waals surface area (Å²) in [6, 6.07) is 54.6. The monoisotopic (exact) mass is 578 g/mol. The molecule has 206 valence electrons. The standard InChI is InChI=1S/C41H26N2S/c1-2-13-28(14-3-1)39-40(42-43-37(38-22-11-25-44-38)26-29-15-5-7-18-31(29)41(39)43)36-24-23-35(33-19-8-9-20-34(33)36)32-21-10-16-27-12-4-6-17-30(27)32/h1-26H. The number of thiophene rings is 1. The predicted molar refractivity (Wildman–Crippen MR) is 187 cm³/mol. The van der Waals surface area contributed by atoms with E-state index in [0.29, 0.717) is 0 Å². The van der Waals surface area contributed by atoms with E-state index in [-0.39, 0.29) is 0 Å². The Labute approximate surface area is 259 Å². The molecule has 0 saturated heterocycles. The molecule has 6 aromatic carbocycles. The third-order valence-electron chi connectivity index (χ3n) is 8.72. The minimum atomic E-state index is 0.992. The van der Waals surface area contributed by atoms with E-state index in [1.54, 1.807) is 11.3 Å². The second-order valence-corrected chi connectivity index (χ2v) is 12.1. The van der Waals surface area contributed by atoms with Gasteiger partial charge in [-0.05, 0) is 61.1 Å². The number of rotatable bonds is 4. The quantitative estimate of drug-likeness (QED) is 0.203. The zero-order chi connectivity index (χ0) is 29.0. The van der Waals surface area contributed by atoms with E-state index in [4.69, 9.17) is 5.10 Å². The molecule has 0 amide bonds. The lowest BCUT2D eigenvalue weighted by molar-refractivity contribution is 0.983. The molecule has 0 spiro atoms. The summed E-state index contributed by atoms with van der Waals surface area (Å²) < 4.78 is 2.18. The summed E-state index contributed by atoms with van der Waals surface area (Å²) >= 11 is 1.75. The van der Waals surface area contributed by atoms with Crippen LogP contribution in [-0.4, -0.2) is 9.61 Å².